The number of halogens is 2. The van der Waals surface area contributed by atoms with E-state index in [1.165, 1.54) is 16.6 Å². The van der Waals surface area contributed by atoms with Crippen molar-refractivity contribution in [1.29, 1.82) is 0 Å². The molecule has 240 valence electrons. The van der Waals surface area contributed by atoms with Crippen molar-refractivity contribution in [2.45, 2.75) is 35.2 Å². The van der Waals surface area contributed by atoms with Crippen LogP contribution in [0.2, 0.25) is 10.0 Å². The number of carbonyl (C=O) groups excluding carboxylic acids is 1. The number of fused-ring (bicyclic) bond motifs is 2. The summed E-state index contributed by atoms with van der Waals surface area (Å²) in [6.45, 7) is 3.71. The SMILES string of the molecule is COc1cc(-n2cnnn2)ccc1C(=O)N1CCO[C@@](CCN2CCC3(CC2)CS(=O)c2ccccc23)(c2ccc(Cl)c(Cl)c2)C1. The van der Waals surface area contributed by atoms with Crippen LogP contribution >= 0.6 is 23.2 Å². The summed E-state index contributed by atoms with van der Waals surface area (Å²) in [5.74, 6) is 0.982. The van der Waals surface area contributed by atoms with Crippen LogP contribution in [0.25, 0.3) is 5.69 Å². The van der Waals surface area contributed by atoms with Crippen molar-refractivity contribution in [1.82, 2.24) is 30.0 Å². The van der Waals surface area contributed by atoms with Crippen LogP contribution in [0.15, 0.2) is 71.9 Å². The Balaban J connectivity index is 1.11. The molecule has 0 radical (unpaired) electrons. The van der Waals surface area contributed by atoms with E-state index in [2.05, 4.69) is 32.6 Å². The highest BCUT2D eigenvalue weighted by atomic mass is 35.5. The van der Waals surface area contributed by atoms with Crippen molar-refractivity contribution >= 4 is 39.9 Å². The number of rotatable bonds is 7. The maximum Gasteiger partial charge on any atom is 0.257 e. The Hall–Kier alpha value is -3.35. The Kier molecular flexibility index (Phi) is 8.62. The number of carbonyl (C=O) groups is 1. The van der Waals surface area contributed by atoms with Gasteiger partial charge >= 0.3 is 0 Å². The molecule has 7 rings (SSSR count). The Labute approximate surface area is 280 Å². The van der Waals surface area contributed by atoms with Crippen LogP contribution in [-0.4, -0.2) is 92.3 Å². The van der Waals surface area contributed by atoms with E-state index in [1.54, 1.807) is 31.4 Å². The zero-order chi connectivity index (χ0) is 31.9. The van der Waals surface area contributed by atoms with Crippen molar-refractivity contribution in [3.05, 3.63) is 93.7 Å². The quantitative estimate of drug-likeness (QED) is 0.272. The molecule has 4 aromatic rings. The molecule has 0 bridgehead atoms. The van der Waals surface area contributed by atoms with Gasteiger partial charge in [0.2, 0.25) is 0 Å². The van der Waals surface area contributed by atoms with Gasteiger partial charge in [-0.25, -0.2) is 4.68 Å². The monoisotopic (exact) mass is 680 g/mol. The third kappa shape index (κ3) is 5.73. The number of ether oxygens (including phenoxy) is 2. The van der Waals surface area contributed by atoms with Gasteiger partial charge in [0, 0.05) is 35.2 Å². The molecule has 3 aromatic carbocycles. The summed E-state index contributed by atoms with van der Waals surface area (Å²) < 4.78 is 26.7. The minimum atomic E-state index is -0.944. The zero-order valence-electron chi connectivity index (χ0n) is 25.4. The van der Waals surface area contributed by atoms with Gasteiger partial charge in [-0.1, -0.05) is 47.5 Å². The minimum absolute atomic E-state index is 0.0249. The Morgan fingerprint density at radius 1 is 1.04 bits per heavy atom. The Morgan fingerprint density at radius 2 is 1.87 bits per heavy atom. The number of methoxy groups -OCH3 is 1. The predicted octanol–water partition coefficient (Wildman–Crippen LogP) is 4.89. The molecule has 3 aliphatic rings. The summed E-state index contributed by atoms with van der Waals surface area (Å²) >= 11 is 12.8. The highest BCUT2D eigenvalue weighted by molar-refractivity contribution is 7.85. The fraction of sp³-hybridized carbons (Fsp3) is 0.394. The molecule has 3 aliphatic heterocycles. The third-order valence-electron chi connectivity index (χ3n) is 9.70. The van der Waals surface area contributed by atoms with E-state index in [0.717, 1.165) is 42.9 Å². The number of benzene rings is 3. The van der Waals surface area contributed by atoms with Crippen molar-refractivity contribution < 1.29 is 18.5 Å². The van der Waals surface area contributed by atoms with Crippen molar-refractivity contribution in [3.8, 4) is 11.4 Å². The largest absolute Gasteiger partial charge is 0.496 e. The molecule has 2 atom stereocenters. The van der Waals surface area contributed by atoms with Crippen molar-refractivity contribution in [2.75, 3.05) is 52.2 Å². The van der Waals surface area contributed by atoms with Crippen LogP contribution < -0.4 is 4.74 Å². The van der Waals surface area contributed by atoms with E-state index in [-0.39, 0.29) is 11.3 Å². The zero-order valence-corrected chi connectivity index (χ0v) is 27.7. The third-order valence-corrected chi connectivity index (χ3v) is 12.1. The number of piperidine rings is 1. The fourth-order valence-electron chi connectivity index (χ4n) is 7.12. The Morgan fingerprint density at radius 3 is 2.63 bits per heavy atom. The van der Waals surface area contributed by atoms with E-state index in [9.17, 15) is 9.00 Å². The summed E-state index contributed by atoms with van der Waals surface area (Å²) in [7, 11) is 0.597. The second kappa shape index (κ2) is 12.7. The van der Waals surface area contributed by atoms with E-state index in [1.807, 2.05) is 29.2 Å². The van der Waals surface area contributed by atoms with Gasteiger partial charge in [0.25, 0.3) is 5.91 Å². The fourth-order valence-corrected chi connectivity index (χ4v) is 9.28. The summed E-state index contributed by atoms with van der Waals surface area (Å²) in [4.78, 5) is 19.3. The average Bonchev–Trinajstić information content (AvgIpc) is 3.72. The van der Waals surface area contributed by atoms with Gasteiger partial charge < -0.3 is 19.3 Å². The molecule has 2 fully saturated rings. The minimum Gasteiger partial charge on any atom is -0.496 e. The molecule has 1 unspecified atom stereocenters. The second-order valence-corrected chi connectivity index (χ2v) is 14.4. The van der Waals surface area contributed by atoms with Crippen LogP contribution in [0.5, 0.6) is 5.75 Å². The van der Waals surface area contributed by atoms with E-state index >= 15 is 0 Å². The van der Waals surface area contributed by atoms with Gasteiger partial charge in [0.15, 0.2) is 0 Å². The number of tetrazole rings is 1. The molecule has 2 saturated heterocycles. The van der Waals surface area contributed by atoms with Crippen molar-refractivity contribution in [3.63, 3.8) is 0 Å². The average molecular weight is 682 g/mol. The lowest BCUT2D eigenvalue weighted by Gasteiger charge is -2.45. The molecule has 0 aliphatic carbocycles. The van der Waals surface area contributed by atoms with Crippen LogP contribution in [0, 0.1) is 0 Å². The molecular weight excluding hydrogens is 647 g/mol. The van der Waals surface area contributed by atoms with Gasteiger partial charge in [0.05, 0.1) is 52.4 Å². The first-order chi connectivity index (χ1) is 22.3. The molecule has 0 N–H and O–H groups in total. The lowest BCUT2D eigenvalue weighted by atomic mass is 9.74. The smallest absolute Gasteiger partial charge is 0.257 e. The van der Waals surface area contributed by atoms with Crippen molar-refractivity contribution in [2.24, 2.45) is 0 Å². The van der Waals surface area contributed by atoms with Gasteiger partial charge in [-0.2, -0.15) is 0 Å². The molecule has 4 heterocycles. The highest BCUT2D eigenvalue weighted by Crippen LogP contribution is 2.45. The maximum absolute atomic E-state index is 14.1. The number of amides is 1. The lowest BCUT2D eigenvalue weighted by molar-refractivity contribution is -0.113. The number of morpholine rings is 1. The number of hydrogen-bond donors (Lipinski definition) is 0. The maximum atomic E-state index is 14.1. The van der Waals surface area contributed by atoms with Crippen LogP contribution in [0.4, 0.5) is 0 Å². The summed E-state index contributed by atoms with van der Waals surface area (Å²) in [5, 5.41) is 12.2. The summed E-state index contributed by atoms with van der Waals surface area (Å²) in [5.41, 5.74) is 2.45. The first-order valence-electron chi connectivity index (χ1n) is 15.3. The standard InChI is InChI=1S/C33H34Cl2N6O4S/c1-44-29-19-24(41-22-36-37-38-41)7-8-25(29)31(42)40-16-17-45-33(20-40,23-6-9-27(34)28(35)18-23)12-15-39-13-10-32(11-14-39)21-46(43)30-5-3-2-4-26(30)32/h2-9,18-19,22H,10-17,20-21H2,1H3/t33-,46?/m1/s1. The van der Waals surface area contributed by atoms with Crippen LogP contribution in [0.3, 0.4) is 0 Å². The van der Waals surface area contributed by atoms with E-state index < -0.39 is 16.4 Å². The first-order valence-corrected chi connectivity index (χ1v) is 17.4. The Bertz CT molecular complexity index is 1780. The van der Waals surface area contributed by atoms with E-state index in [4.69, 9.17) is 32.7 Å². The van der Waals surface area contributed by atoms with Gasteiger partial charge in [-0.05, 0) is 84.2 Å². The topological polar surface area (TPSA) is 103 Å². The molecule has 0 saturated carbocycles. The summed E-state index contributed by atoms with van der Waals surface area (Å²) in [6, 6.07) is 19.1. The molecule has 1 aromatic heterocycles. The molecule has 10 nitrogen and oxygen atoms in total. The highest BCUT2D eigenvalue weighted by Gasteiger charge is 2.46. The summed E-state index contributed by atoms with van der Waals surface area (Å²) in [6.07, 6.45) is 4.06. The van der Waals surface area contributed by atoms with Gasteiger partial charge in [-0.3, -0.25) is 9.00 Å². The number of nitrogens with zero attached hydrogens (tertiary/aromatic N) is 6. The number of aromatic nitrogens is 4. The molecule has 46 heavy (non-hydrogen) atoms. The number of likely N-dealkylation sites (tertiary alicyclic amines) is 1. The van der Waals surface area contributed by atoms with Gasteiger partial charge in [-0.15, -0.1) is 5.10 Å². The number of hydrogen-bond acceptors (Lipinski definition) is 8. The van der Waals surface area contributed by atoms with Gasteiger partial charge in [0.1, 0.15) is 17.7 Å². The predicted molar refractivity (Wildman–Crippen MR) is 175 cm³/mol. The molecule has 1 spiro atoms. The second-order valence-electron chi connectivity index (χ2n) is 12.2. The normalized spacial score (nSPS) is 22.6. The lowest BCUT2D eigenvalue weighted by Crippen LogP contribution is -2.53. The van der Waals surface area contributed by atoms with Crippen LogP contribution in [0.1, 0.15) is 40.7 Å². The first kappa shape index (κ1) is 31.3. The molecule has 1 amide bonds. The molecule has 13 heteroatoms. The van der Waals surface area contributed by atoms with Crippen LogP contribution in [-0.2, 0) is 26.6 Å². The molecular formula is C33H34Cl2N6O4S. The van der Waals surface area contributed by atoms with E-state index in [0.29, 0.717) is 58.9 Å².